The molecular weight excluding hydrogens is 300 g/mol. The Morgan fingerprint density at radius 3 is 2.46 bits per heavy atom. The Morgan fingerprint density at radius 1 is 1.00 bits per heavy atom. The summed E-state index contributed by atoms with van der Waals surface area (Å²) in [4.78, 5) is 20.5. The van der Waals surface area contributed by atoms with Crippen molar-refractivity contribution >= 4 is 17.5 Å². The van der Waals surface area contributed by atoms with E-state index in [9.17, 15) is 4.79 Å². The van der Waals surface area contributed by atoms with Crippen molar-refractivity contribution in [1.82, 2.24) is 15.3 Å². The molecule has 0 saturated heterocycles. The molecule has 5 nitrogen and oxygen atoms in total. The highest BCUT2D eigenvalue weighted by Crippen LogP contribution is 2.11. The van der Waals surface area contributed by atoms with Gasteiger partial charge in [0.1, 0.15) is 0 Å². The lowest BCUT2D eigenvalue weighted by Crippen LogP contribution is -2.23. The van der Waals surface area contributed by atoms with Gasteiger partial charge >= 0.3 is 0 Å². The van der Waals surface area contributed by atoms with Gasteiger partial charge in [-0.15, -0.1) is 0 Å². The zero-order valence-corrected chi connectivity index (χ0v) is 13.4. The summed E-state index contributed by atoms with van der Waals surface area (Å²) >= 11 is 0. The predicted octanol–water partition coefficient (Wildman–Crippen LogP) is 3.46. The van der Waals surface area contributed by atoms with E-state index in [0.29, 0.717) is 18.1 Å². The van der Waals surface area contributed by atoms with E-state index >= 15 is 0 Å². The van der Waals surface area contributed by atoms with Gasteiger partial charge in [0.05, 0.1) is 5.56 Å². The SMILES string of the molecule is Cc1cccc(CNC(=O)c2cnc(Nc3ccccc3)nc2)c1. The quantitative estimate of drug-likeness (QED) is 0.756. The van der Waals surface area contributed by atoms with Gasteiger partial charge in [-0.3, -0.25) is 4.79 Å². The number of benzene rings is 2. The number of amides is 1. The summed E-state index contributed by atoms with van der Waals surface area (Å²) in [5, 5.41) is 5.95. The van der Waals surface area contributed by atoms with Crippen molar-refractivity contribution < 1.29 is 4.79 Å². The van der Waals surface area contributed by atoms with Crippen molar-refractivity contribution in [2.24, 2.45) is 0 Å². The summed E-state index contributed by atoms with van der Waals surface area (Å²) in [6.45, 7) is 2.50. The third-order valence-electron chi connectivity index (χ3n) is 3.48. The predicted molar refractivity (Wildman–Crippen MR) is 94.1 cm³/mol. The highest BCUT2D eigenvalue weighted by Gasteiger charge is 2.07. The first-order valence-corrected chi connectivity index (χ1v) is 7.68. The first-order chi connectivity index (χ1) is 11.7. The van der Waals surface area contributed by atoms with E-state index in [1.54, 1.807) is 0 Å². The van der Waals surface area contributed by atoms with Crippen molar-refractivity contribution in [3.05, 3.63) is 83.7 Å². The maximum atomic E-state index is 12.2. The minimum Gasteiger partial charge on any atom is -0.348 e. The first-order valence-electron chi connectivity index (χ1n) is 7.68. The zero-order valence-electron chi connectivity index (χ0n) is 13.4. The van der Waals surface area contributed by atoms with Crippen molar-refractivity contribution in [2.75, 3.05) is 5.32 Å². The van der Waals surface area contributed by atoms with Crippen LogP contribution in [0.4, 0.5) is 11.6 Å². The number of anilines is 2. The molecule has 3 rings (SSSR count). The molecular formula is C19H18N4O. The molecule has 5 heteroatoms. The van der Waals surface area contributed by atoms with Crippen LogP contribution in [0.2, 0.25) is 0 Å². The Balaban J connectivity index is 1.59. The molecule has 0 aliphatic carbocycles. The number of aryl methyl sites for hydroxylation is 1. The van der Waals surface area contributed by atoms with E-state index in [0.717, 1.165) is 11.3 Å². The van der Waals surface area contributed by atoms with Crippen molar-refractivity contribution in [3.8, 4) is 0 Å². The molecule has 0 spiro atoms. The van der Waals surface area contributed by atoms with Crippen LogP contribution in [0.1, 0.15) is 21.5 Å². The van der Waals surface area contributed by atoms with E-state index in [4.69, 9.17) is 0 Å². The summed E-state index contributed by atoms with van der Waals surface area (Å²) in [5.41, 5.74) is 3.56. The van der Waals surface area contributed by atoms with Crippen molar-refractivity contribution in [2.45, 2.75) is 13.5 Å². The number of rotatable bonds is 5. The number of carbonyl (C=O) groups is 1. The number of nitrogens with zero attached hydrogens (tertiary/aromatic N) is 2. The molecule has 1 heterocycles. The topological polar surface area (TPSA) is 66.9 Å². The van der Waals surface area contributed by atoms with Crippen LogP contribution in [0.3, 0.4) is 0 Å². The summed E-state index contributed by atoms with van der Waals surface area (Å²) in [7, 11) is 0. The number of aromatic nitrogens is 2. The van der Waals surface area contributed by atoms with Crippen LogP contribution in [0.15, 0.2) is 67.0 Å². The lowest BCUT2D eigenvalue weighted by atomic mass is 10.1. The number of para-hydroxylation sites is 1. The second kappa shape index (κ2) is 7.37. The largest absolute Gasteiger partial charge is 0.348 e. The van der Waals surface area contributed by atoms with Crippen molar-refractivity contribution in [3.63, 3.8) is 0 Å². The van der Waals surface area contributed by atoms with Crippen LogP contribution in [-0.2, 0) is 6.54 Å². The van der Waals surface area contributed by atoms with Gasteiger partial charge in [0, 0.05) is 24.6 Å². The van der Waals surface area contributed by atoms with Gasteiger partial charge < -0.3 is 10.6 Å². The Labute approximate surface area is 140 Å². The van der Waals surface area contributed by atoms with Crippen LogP contribution >= 0.6 is 0 Å². The maximum Gasteiger partial charge on any atom is 0.254 e. The second-order valence-corrected chi connectivity index (χ2v) is 5.46. The minimum atomic E-state index is -0.192. The third kappa shape index (κ3) is 4.16. The van der Waals surface area contributed by atoms with Gasteiger partial charge in [0.25, 0.3) is 5.91 Å². The molecule has 0 aliphatic heterocycles. The summed E-state index contributed by atoms with van der Waals surface area (Å²) in [6.07, 6.45) is 3.04. The second-order valence-electron chi connectivity index (χ2n) is 5.46. The first kappa shape index (κ1) is 15.7. The Morgan fingerprint density at radius 2 is 1.75 bits per heavy atom. The fourth-order valence-corrected chi connectivity index (χ4v) is 2.27. The molecule has 3 aromatic rings. The zero-order chi connectivity index (χ0) is 16.8. The molecule has 2 N–H and O–H groups in total. The molecule has 0 saturated carbocycles. The van der Waals surface area contributed by atoms with Crippen LogP contribution in [0.25, 0.3) is 0 Å². The normalized spacial score (nSPS) is 10.2. The smallest absolute Gasteiger partial charge is 0.254 e. The molecule has 1 amide bonds. The van der Waals surface area contributed by atoms with E-state index in [1.165, 1.54) is 18.0 Å². The van der Waals surface area contributed by atoms with E-state index in [1.807, 2.05) is 61.5 Å². The fourth-order valence-electron chi connectivity index (χ4n) is 2.27. The Hall–Kier alpha value is -3.21. The van der Waals surface area contributed by atoms with E-state index in [2.05, 4.69) is 20.6 Å². The van der Waals surface area contributed by atoms with Gasteiger partial charge in [-0.05, 0) is 24.6 Å². The minimum absolute atomic E-state index is 0.192. The summed E-state index contributed by atoms with van der Waals surface area (Å²) < 4.78 is 0. The number of hydrogen-bond acceptors (Lipinski definition) is 4. The molecule has 24 heavy (non-hydrogen) atoms. The van der Waals surface area contributed by atoms with Crippen LogP contribution in [0.5, 0.6) is 0 Å². The molecule has 0 aliphatic rings. The average molecular weight is 318 g/mol. The third-order valence-corrected chi connectivity index (χ3v) is 3.48. The summed E-state index contributed by atoms with van der Waals surface area (Å²) in [6, 6.07) is 17.7. The molecule has 0 fully saturated rings. The maximum absolute atomic E-state index is 12.2. The molecule has 0 atom stereocenters. The highest BCUT2D eigenvalue weighted by atomic mass is 16.1. The summed E-state index contributed by atoms with van der Waals surface area (Å²) in [5.74, 6) is 0.263. The molecule has 1 aromatic heterocycles. The fraction of sp³-hybridized carbons (Fsp3) is 0.105. The van der Waals surface area contributed by atoms with Gasteiger partial charge in [-0.2, -0.15) is 0 Å². The molecule has 120 valence electrons. The van der Waals surface area contributed by atoms with Crippen LogP contribution in [0, 0.1) is 6.92 Å². The molecule has 0 bridgehead atoms. The lowest BCUT2D eigenvalue weighted by molar-refractivity contribution is 0.0950. The van der Waals surface area contributed by atoms with E-state index < -0.39 is 0 Å². The monoisotopic (exact) mass is 318 g/mol. The van der Waals surface area contributed by atoms with Gasteiger partial charge in [0.2, 0.25) is 5.95 Å². The molecule has 0 unspecified atom stereocenters. The lowest BCUT2D eigenvalue weighted by Gasteiger charge is -2.07. The average Bonchev–Trinajstić information content (AvgIpc) is 2.61. The number of carbonyl (C=O) groups excluding carboxylic acids is 1. The van der Waals surface area contributed by atoms with Crippen molar-refractivity contribution in [1.29, 1.82) is 0 Å². The number of nitrogens with one attached hydrogen (secondary N) is 2. The van der Waals surface area contributed by atoms with Gasteiger partial charge in [0.15, 0.2) is 0 Å². The Bertz CT molecular complexity index is 816. The van der Waals surface area contributed by atoms with Crippen LogP contribution in [-0.4, -0.2) is 15.9 Å². The van der Waals surface area contributed by atoms with Gasteiger partial charge in [-0.25, -0.2) is 9.97 Å². The standard InChI is InChI=1S/C19H18N4O/c1-14-6-5-7-15(10-14)11-20-18(24)16-12-21-19(22-13-16)23-17-8-3-2-4-9-17/h2-10,12-13H,11H2,1H3,(H,20,24)(H,21,22,23). The molecule has 2 aromatic carbocycles. The van der Waals surface area contributed by atoms with E-state index in [-0.39, 0.29) is 5.91 Å². The highest BCUT2D eigenvalue weighted by molar-refractivity contribution is 5.93. The van der Waals surface area contributed by atoms with Crippen LogP contribution < -0.4 is 10.6 Å². The Kier molecular flexibility index (Phi) is 4.81. The number of hydrogen-bond donors (Lipinski definition) is 2. The molecule has 0 radical (unpaired) electrons. The van der Waals surface area contributed by atoms with Gasteiger partial charge in [-0.1, -0.05) is 48.0 Å².